The van der Waals surface area contributed by atoms with Crippen LogP contribution < -0.4 is 0 Å². The minimum Gasteiger partial charge on any atom is -0.0625 e. The van der Waals surface area contributed by atoms with Crippen molar-refractivity contribution in [2.75, 3.05) is 0 Å². The Balaban J connectivity index is 2.50. The summed E-state index contributed by atoms with van der Waals surface area (Å²) in [5, 5.41) is 0. The average molecular weight is 519 g/mol. The number of hydrogen-bond acceptors (Lipinski definition) is 0. The van der Waals surface area contributed by atoms with Gasteiger partial charge < -0.3 is 0 Å². The van der Waals surface area contributed by atoms with Gasteiger partial charge in [-0.05, 0) is 131 Å². The van der Waals surface area contributed by atoms with Crippen LogP contribution in [0.15, 0.2) is 24.3 Å². The molecule has 0 heteroatoms. The van der Waals surface area contributed by atoms with Crippen LogP contribution in [0.25, 0.3) is 0 Å². The summed E-state index contributed by atoms with van der Waals surface area (Å²) in [5.41, 5.74) is 12.9. The fraction of sp³-hybridized carbons (Fsp3) is 0.684. The maximum atomic E-state index is 2.58. The summed E-state index contributed by atoms with van der Waals surface area (Å²) in [6.07, 6.45) is 9.49. The molecule has 2 aromatic carbocycles. The smallest absolute Gasteiger partial charge is 0.0238 e. The quantitative estimate of drug-likeness (QED) is 0.220. The number of rotatable bonds is 15. The molecule has 2 aromatic rings. The van der Waals surface area contributed by atoms with E-state index in [9.17, 15) is 0 Å². The Labute approximate surface area is 238 Å². The Morgan fingerprint density at radius 3 is 0.737 bits per heavy atom. The van der Waals surface area contributed by atoms with Crippen molar-refractivity contribution < 1.29 is 0 Å². The predicted octanol–water partition coefficient (Wildman–Crippen LogP) is 10.7. The zero-order valence-electron chi connectivity index (χ0n) is 27.4. The van der Waals surface area contributed by atoms with Crippen molar-refractivity contribution in [3.8, 4) is 0 Å². The van der Waals surface area contributed by atoms with E-state index in [0.29, 0.717) is 35.5 Å². The van der Waals surface area contributed by atoms with Gasteiger partial charge in [-0.2, -0.15) is 0 Å². The van der Waals surface area contributed by atoms with Gasteiger partial charge in [0.15, 0.2) is 0 Å². The molecule has 0 N–H and O–H groups in total. The van der Waals surface area contributed by atoms with Crippen LogP contribution in [-0.2, 0) is 51.4 Å². The molecule has 0 aliphatic carbocycles. The van der Waals surface area contributed by atoms with Gasteiger partial charge in [-0.1, -0.05) is 107 Å². The van der Waals surface area contributed by atoms with Gasteiger partial charge in [0, 0.05) is 0 Å². The van der Waals surface area contributed by atoms with E-state index >= 15 is 0 Å². The van der Waals surface area contributed by atoms with Crippen molar-refractivity contribution in [3.63, 3.8) is 0 Å². The van der Waals surface area contributed by atoms with Gasteiger partial charge in [-0.25, -0.2) is 0 Å². The third kappa shape index (κ3) is 10.9. The van der Waals surface area contributed by atoms with Gasteiger partial charge in [0.2, 0.25) is 0 Å². The highest BCUT2D eigenvalue weighted by Gasteiger charge is 2.17. The third-order valence-corrected chi connectivity index (χ3v) is 7.43. The Morgan fingerprint density at radius 1 is 0.342 bits per heavy atom. The first-order valence-corrected chi connectivity index (χ1v) is 16.0. The van der Waals surface area contributed by atoms with Crippen LogP contribution in [0.1, 0.15) is 128 Å². The van der Waals surface area contributed by atoms with Crippen LogP contribution in [0.3, 0.4) is 0 Å². The van der Waals surface area contributed by atoms with E-state index < -0.39 is 0 Å². The lowest BCUT2D eigenvalue weighted by Gasteiger charge is -2.22. The molecule has 0 spiro atoms. The van der Waals surface area contributed by atoms with Gasteiger partial charge >= 0.3 is 0 Å². The second kappa shape index (κ2) is 15.3. The van der Waals surface area contributed by atoms with E-state index in [4.69, 9.17) is 0 Å². The molecule has 0 bridgehead atoms. The highest BCUT2D eigenvalue weighted by molar-refractivity contribution is 5.43. The molecule has 0 amide bonds. The van der Waals surface area contributed by atoms with Crippen LogP contribution in [0.5, 0.6) is 0 Å². The van der Waals surface area contributed by atoms with Gasteiger partial charge in [0.05, 0.1) is 0 Å². The Morgan fingerprint density at radius 2 is 0.553 bits per heavy atom. The molecule has 0 radical (unpaired) electrons. The van der Waals surface area contributed by atoms with Crippen molar-refractivity contribution in [1.29, 1.82) is 0 Å². The Bertz CT molecular complexity index is 840. The van der Waals surface area contributed by atoms with Crippen LogP contribution in [0.2, 0.25) is 0 Å². The highest BCUT2D eigenvalue weighted by atomic mass is 14.2. The fourth-order valence-corrected chi connectivity index (χ4v) is 6.15. The van der Waals surface area contributed by atoms with E-state index in [1.165, 1.54) is 38.5 Å². The lowest BCUT2D eigenvalue weighted by atomic mass is 9.83. The van der Waals surface area contributed by atoms with Crippen molar-refractivity contribution in [2.24, 2.45) is 35.5 Å². The van der Waals surface area contributed by atoms with E-state index in [1.54, 1.807) is 44.5 Å². The molecule has 0 aliphatic heterocycles. The minimum absolute atomic E-state index is 0.689. The Kier molecular flexibility index (Phi) is 13.1. The van der Waals surface area contributed by atoms with Crippen LogP contribution in [-0.4, -0.2) is 0 Å². The monoisotopic (exact) mass is 518 g/mol. The van der Waals surface area contributed by atoms with Crippen LogP contribution >= 0.6 is 0 Å². The maximum absolute atomic E-state index is 2.58. The highest BCUT2D eigenvalue weighted by Crippen LogP contribution is 2.29. The lowest BCUT2D eigenvalue weighted by Crippen LogP contribution is -2.11. The summed E-state index contributed by atoms with van der Waals surface area (Å²) in [6.45, 7) is 28.5. The lowest BCUT2D eigenvalue weighted by molar-refractivity contribution is 0.595. The number of aryl methyl sites for hydroxylation is 2. The van der Waals surface area contributed by atoms with Crippen molar-refractivity contribution in [3.05, 3.63) is 68.8 Å². The van der Waals surface area contributed by atoms with E-state index in [2.05, 4.69) is 107 Å². The predicted molar refractivity (Wildman–Crippen MR) is 172 cm³/mol. The second-order valence-corrected chi connectivity index (χ2v) is 14.9. The number of benzene rings is 2. The summed E-state index contributed by atoms with van der Waals surface area (Å²) in [4.78, 5) is 0. The molecular formula is C38H62. The molecule has 0 fully saturated rings. The standard InChI is InChI=1S/C38H62/c1-25(2)15-33-21-31(22-34(16-26(3)4)37(33)19-29(9)10)13-14-32-23-35(17-27(5)6)38(20-30(11)12)36(24-32)18-28(7)8/h21-30H,13-20H2,1-12H3. The first-order chi connectivity index (χ1) is 17.7. The van der Waals surface area contributed by atoms with Gasteiger partial charge in [0.1, 0.15) is 0 Å². The topological polar surface area (TPSA) is 0 Å². The van der Waals surface area contributed by atoms with Crippen LogP contribution in [0, 0.1) is 35.5 Å². The van der Waals surface area contributed by atoms with Crippen molar-refractivity contribution in [2.45, 2.75) is 134 Å². The molecule has 0 unspecified atom stereocenters. The van der Waals surface area contributed by atoms with E-state index in [1.807, 2.05) is 0 Å². The average Bonchev–Trinajstić information content (AvgIpc) is 2.74. The zero-order valence-corrected chi connectivity index (χ0v) is 27.4. The molecular weight excluding hydrogens is 456 g/mol. The molecule has 0 aliphatic rings. The number of hydrogen-bond donors (Lipinski definition) is 0. The molecule has 38 heavy (non-hydrogen) atoms. The summed E-state index contributed by atoms with van der Waals surface area (Å²) < 4.78 is 0. The normalized spacial score (nSPS) is 12.4. The van der Waals surface area contributed by atoms with Gasteiger partial charge in [-0.15, -0.1) is 0 Å². The molecule has 214 valence electrons. The molecule has 0 saturated heterocycles. The molecule has 0 saturated carbocycles. The summed E-state index contributed by atoms with van der Waals surface area (Å²) in [6, 6.07) is 10.3. The molecule has 0 heterocycles. The Hall–Kier alpha value is -1.56. The van der Waals surface area contributed by atoms with E-state index in [-0.39, 0.29) is 0 Å². The molecule has 0 nitrogen and oxygen atoms in total. The molecule has 0 aromatic heterocycles. The van der Waals surface area contributed by atoms with Gasteiger partial charge in [0.25, 0.3) is 0 Å². The molecule has 0 atom stereocenters. The van der Waals surface area contributed by atoms with Crippen molar-refractivity contribution in [1.82, 2.24) is 0 Å². The van der Waals surface area contributed by atoms with Crippen LogP contribution in [0.4, 0.5) is 0 Å². The van der Waals surface area contributed by atoms with Crippen molar-refractivity contribution >= 4 is 0 Å². The molecule has 2 rings (SSSR count). The fourth-order valence-electron chi connectivity index (χ4n) is 6.15. The minimum atomic E-state index is 0.689. The SMILES string of the molecule is CC(C)Cc1cc(CCc2cc(CC(C)C)c(CC(C)C)c(CC(C)C)c2)cc(CC(C)C)c1CC(C)C. The summed E-state index contributed by atoms with van der Waals surface area (Å²) in [7, 11) is 0. The summed E-state index contributed by atoms with van der Waals surface area (Å²) in [5.74, 6) is 4.14. The maximum Gasteiger partial charge on any atom is -0.0238 e. The first-order valence-electron chi connectivity index (χ1n) is 16.0. The van der Waals surface area contributed by atoms with Gasteiger partial charge in [-0.3, -0.25) is 0 Å². The van der Waals surface area contributed by atoms with E-state index in [0.717, 1.165) is 12.8 Å². The largest absolute Gasteiger partial charge is 0.0625 e. The second-order valence-electron chi connectivity index (χ2n) is 14.9. The third-order valence-electron chi connectivity index (χ3n) is 7.43. The zero-order chi connectivity index (χ0) is 28.6. The first kappa shape index (κ1) is 32.7. The summed E-state index contributed by atoms with van der Waals surface area (Å²) >= 11 is 0.